The van der Waals surface area contributed by atoms with Gasteiger partial charge in [0.15, 0.2) is 0 Å². The molecule has 0 aliphatic rings. The molecule has 3 nitrogen and oxygen atoms in total. The van der Waals surface area contributed by atoms with Crippen LogP contribution in [0, 0.1) is 20.8 Å². The minimum atomic E-state index is -0.853. The summed E-state index contributed by atoms with van der Waals surface area (Å²) in [6, 6.07) is 23.4. The van der Waals surface area contributed by atoms with Crippen molar-refractivity contribution < 1.29 is 9.94 Å². The largest absolute Gasteiger partial charge is 0.391 e. The van der Waals surface area contributed by atoms with Crippen molar-refractivity contribution >= 4 is 5.71 Å². The van der Waals surface area contributed by atoms with E-state index in [1.165, 1.54) is 16.7 Å². The third-order valence-electron chi connectivity index (χ3n) is 4.66. The van der Waals surface area contributed by atoms with Crippen molar-refractivity contribution in [1.82, 2.24) is 0 Å². The minimum Gasteiger partial charge on any atom is -0.391 e. The number of aryl methyl sites for hydroxylation is 3. The number of nitrogens with zero attached hydrogens (tertiary/aromatic N) is 1. The molecule has 138 valence electrons. The van der Waals surface area contributed by atoms with Gasteiger partial charge in [-0.05, 0) is 43.0 Å². The molecule has 1 unspecified atom stereocenters. The van der Waals surface area contributed by atoms with Crippen LogP contribution in [0.25, 0.3) is 0 Å². The Bertz CT molecular complexity index is 895. The molecule has 3 aromatic carbocycles. The number of hydrogen-bond acceptors (Lipinski definition) is 3. The van der Waals surface area contributed by atoms with Crippen molar-refractivity contribution in [3.63, 3.8) is 0 Å². The summed E-state index contributed by atoms with van der Waals surface area (Å²) in [5.74, 6) is 0. The van der Waals surface area contributed by atoms with Crippen molar-refractivity contribution in [3.05, 3.63) is 106 Å². The molecular weight excluding hydrogens is 334 g/mol. The van der Waals surface area contributed by atoms with Gasteiger partial charge in [-0.1, -0.05) is 83.5 Å². The highest BCUT2D eigenvalue weighted by Gasteiger charge is 2.18. The fourth-order valence-corrected chi connectivity index (χ4v) is 3.27. The van der Waals surface area contributed by atoms with Gasteiger partial charge in [-0.25, -0.2) is 0 Å². The SMILES string of the molecule is Cc1cc(C)c(CON=C(c2ccccc2)C(O)c2ccccc2)c(C)c1. The lowest BCUT2D eigenvalue weighted by atomic mass is 9.99. The summed E-state index contributed by atoms with van der Waals surface area (Å²) in [6.07, 6.45) is -0.853. The van der Waals surface area contributed by atoms with Crippen LogP contribution in [0.4, 0.5) is 0 Å². The summed E-state index contributed by atoms with van der Waals surface area (Å²) in [6.45, 7) is 6.63. The molecule has 0 saturated heterocycles. The lowest BCUT2D eigenvalue weighted by molar-refractivity contribution is 0.124. The third kappa shape index (κ3) is 4.63. The summed E-state index contributed by atoms with van der Waals surface area (Å²) in [5, 5.41) is 15.2. The average Bonchev–Trinajstić information content (AvgIpc) is 2.68. The first-order valence-electron chi connectivity index (χ1n) is 9.11. The van der Waals surface area contributed by atoms with Gasteiger partial charge in [0.25, 0.3) is 0 Å². The monoisotopic (exact) mass is 359 g/mol. The quantitative estimate of drug-likeness (QED) is 0.481. The number of rotatable bonds is 6. The van der Waals surface area contributed by atoms with E-state index in [2.05, 4.69) is 38.1 Å². The Kier molecular flexibility index (Phi) is 6.05. The number of benzene rings is 3. The van der Waals surface area contributed by atoms with Crippen LogP contribution in [0.2, 0.25) is 0 Å². The molecule has 0 heterocycles. The Balaban J connectivity index is 1.87. The van der Waals surface area contributed by atoms with Crippen molar-refractivity contribution in [2.45, 2.75) is 33.5 Å². The number of oxime groups is 1. The summed E-state index contributed by atoms with van der Waals surface area (Å²) in [7, 11) is 0. The van der Waals surface area contributed by atoms with Crippen LogP contribution >= 0.6 is 0 Å². The first kappa shape index (κ1) is 18.9. The van der Waals surface area contributed by atoms with E-state index in [9.17, 15) is 5.11 Å². The second-order valence-electron chi connectivity index (χ2n) is 6.81. The Labute approximate surface area is 160 Å². The van der Waals surface area contributed by atoms with Gasteiger partial charge in [0.05, 0.1) is 0 Å². The molecule has 3 rings (SSSR count). The summed E-state index contributed by atoms with van der Waals surface area (Å²) < 4.78 is 0. The molecule has 1 atom stereocenters. The Hall–Kier alpha value is -2.91. The number of aliphatic hydroxyl groups is 1. The molecule has 0 aliphatic carbocycles. The van der Waals surface area contributed by atoms with Crippen LogP contribution in [0.1, 0.15) is 39.5 Å². The Morgan fingerprint density at radius 2 is 1.44 bits per heavy atom. The van der Waals surface area contributed by atoms with E-state index in [4.69, 9.17) is 4.84 Å². The maximum absolute atomic E-state index is 10.9. The molecular formula is C24H25NO2. The summed E-state index contributed by atoms with van der Waals surface area (Å²) in [5.41, 5.74) is 6.87. The smallest absolute Gasteiger partial charge is 0.142 e. The van der Waals surface area contributed by atoms with E-state index in [-0.39, 0.29) is 0 Å². The fourth-order valence-electron chi connectivity index (χ4n) is 3.27. The second-order valence-corrected chi connectivity index (χ2v) is 6.81. The topological polar surface area (TPSA) is 41.8 Å². The molecule has 0 saturated carbocycles. The van der Waals surface area contributed by atoms with E-state index < -0.39 is 6.10 Å². The van der Waals surface area contributed by atoms with Crippen LogP contribution < -0.4 is 0 Å². The molecule has 0 amide bonds. The molecule has 27 heavy (non-hydrogen) atoms. The molecule has 0 aromatic heterocycles. The van der Waals surface area contributed by atoms with Gasteiger partial charge in [-0.15, -0.1) is 0 Å². The molecule has 1 N–H and O–H groups in total. The lowest BCUT2D eigenvalue weighted by Gasteiger charge is -2.15. The summed E-state index contributed by atoms with van der Waals surface area (Å²) in [4.78, 5) is 5.71. The van der Waals surface area contributed by atoms with Crippen molar-refractivity contribution in [1.29, 1.82) is 0 Å². The first-order chi connectivity index (χ1) is 13.1. The van der Waals surface area contributed by atoms with Gasteiger partial charge >= 0.3 is 0 Å². The lowest BCUT2D eigenvalue weighted by Crippen LogP contribution is -2.14. The Morgan fingerprint density at radius 1 is 0.889 bits per heavy atom. The van der Waals surface area contributed by atoms with E-state index in [0.717, 1.165) is 16.7 Å². The molecule has 0 radical (unpaired) electrons. The maximum Gasteiger partial charge on any atom is 0.142 e. The van der Waals surface area contributed by atoms with Gasteiger partial charge in [0.1, 0.15) is 18.4 Å². The predicted molar refractivity (Wildman–Crippen MR) is 110 cm³/mol. The molecule has 3 aromatic rings. The van der Waals surface area contributed by atoms with E-state index in [0.29, 0.717) is 12.3 Å². The zero-order valence-corrected chi connectivity index (χ0v) is 16.0. The average molecular weight is 359 g/mol. The van der Waals surface area contributed by atoms with Crippen LogP contribution in [-0.4, -0.2) is 10.8 Å². The minimum absolute atomic E-state index is 0.371. The fraction of sp³-hybridized carbons (Fsp3) is 0.208. The van der Waals surface area contributed by atoms with Crippen LogP contribution in [0.15, 0.2) is 78.0 Å². The van der Waals surface area contributed by atoms with Gasteiger partial charge in [0.2, 0.25) is 0 Å². The highest BCUT2D eigenvalue weighted by Crippen LogP contribution is 2.21. The number of aliphatic hydroxyl groups excluding tert-OH is 1. The zero-order valence-electron chi connectivity index (χ0n) is 16.0. The standard InChI is InChI=1S/C24H25NO2/c1-17-14-18(2)22(19(3)15-17)16-27-25-23(20-10-6-4-7-11-20)24(26)21-12-8-5-9-13-21/h4-15,24,26H,16H2,1-3H3. The van der Waals surface area contributed by atoms with Crippen molar-refractivity contribution in [2.24, 2.45) is 5.16 Å². The summed E-state index contributed by atoms with van der Waals surface area (Å²) >= 11 is 0. The molecule has 0 spiro atoms. The van der Waals surface area contributed by atoms with E-state index >= 15 is 0 Å². The van der Waals surface area contributed by atoms with Gasteiger partial charge in [0, 0.05) is 5.56 Å². The van der Waals surface area contributed by atoms with Crippen LogP contribution in [0.3, 0.4) is 0 Å². The van der Waals surface area contributed by atoms with Crippen molar-refractivity contribution in [3.8, 4) is 0 Å². The van der Waals surface area contributed by atoms with Crippen molar-refractivity contribution in [2.75, 3.05) is 0 Å². The van der Waals surface area contributed by atoms with Crippen LogP contribution in [0.5, 0.6) is 0 Å². The molecule has 0 aliphatic heterocycles. The maximum atomic E-state index is 10.9. The highest BCUT2D eigenvalue weighted by molar-refractivity contribution is 6.03. The highest BCUT2D eigenvalue weighted by atomic mass is 16.6. The van der Waals surface area contributed by atoms with Gasteiger partial charge in [-0.2, -0.15) is 0 Å². The Morgan fingerprint density at radius 3 is 2.04 bits per heavy atom. The normalized spacial score (nSPS) is 12.7. The van der Waals surface area contributed by atoms with Gasteiger partial charge in [-0.3, -0.25) is 0 Å². The molecule has 0 fully saturated rings. The molecule has 0 bridgehead atoms. The zero-order chi connectivity index (χ0) is 19.2. The van der Waals surface area contributed by atoms with Gasteiger partial charge < -0.3 is 9.94 Å². The molecule has 3 heteroatoms. The predicted octanol–water partition coefficient (Wildman–Crippen LogP) is 5.27. The third-order valence-corrected chi connectivity index (χ3v) is 4.66. The van der Waals surface area contributed by atoms with E-state index in [1.54, 1.807) is 0 Å². The number of hydrogen-bond donors (Lipinski definition) is 1. The van der Waals surface area contributed by atoms with E-state index in [1.807, 2.05) is 60.7 Å². The van der Waals surface area contributed by atoms with Crippen LogP contribution in [-0.2, 0) is 11.4 Å². The first-order valence-corrected chi connectivity index (χ1v) is 9.11. The second kappa shape index (κ2) is 8.65.